The Labute approximate surface area is 127 Å². The molecule has 0 saturated carbocycles. The van der Waals surface area contributed by atoms with E-state index in [-0.39, 0.29) is 5.69 Å². The molecular formula is C15H16N2O3S. The summed E-state index contributed by atoms with van der Waals surface area (Å²) in [7, 11) is 1.55. The number of benzene rings is 2. The molecule has 2 aromatic carbocycles. The molecule has 0 fully saturated rings. The van der Waals surface area contributed by atoms with Crippen LogP contribution in [0.2, 0.25) is 0 Å². The van der Waals surface area contributed by atoms with E-state index < -0.39 is 4.92 Å². The summed E-state index contributed by atoms with van der Waals surface area (Å²) >= 11 is 1.68. The molecule has 6 heteroatoms. The number of nitrogens with one attached hydrogen (secondary N) is 1. The molecule has 0 aliphatic heterocycles. The van der Waals surface area contributed by atoms with Crippen LogP contribution < -0.4 is 10.1 Å². The van der Waals surface area contributed by atoms with E-state index in [0.717, 1.165) is 11.3 Å². The average molecular weight is 304 g/mol. The van der Waals surface area contributed by atoms with Gasteiger partial charge in [-0.3, -0.25) is 10.1 Å². The molecule has 0 unspecified atom stereocenters. The molecule has 0 amide bonds. The lowest BCUT2D eigenvalue weighted by Crippen LogP contribution is -2.02. The molecule has 21 heavy (non-hydrogen) atoms. The highest BCUT2D eigenvalue weighted by atomic mass is 32.2. The van der Waals surface area contributed by atoms with Crippen molar-refractivity contribution in [1.82, 2.24) is 0 Å². The number of rotatable bonds is 6. The number of nitro benzene ring substituents is 1. The summed E-state index contributed by atoms with van der Waals surface area (Å²) in [6, 6.07) is 12.6. The SMILES string of the molecule is COc1ccc([N+](=O)[O-])cc1CNc1ccc(SC)cc1. The van der Waals surface area contributed by atoms with Crippen molar-refractivity contribution in [3.8, 4) is 5.75 Å². The Morgan fingerprint density at radius 2 is 1.95 bits per heavy atom. The Morgan fingerprint density at radius 3 is 2.52 bits per heavy atom. The first-order chi connectivity index (χ1) is 10.1. The number of hydrogen-bond acceptors (Lipinski definition) is 5. The van der Waals surface area contributed by atoms with Crippen LogP contribution in [-0.2, 0) is 6.54 Å². The van der Waals surface area contributed by atoms with E-state index in [1.807, 2.05) is 30.5 Å². The van der Waals surface area contributed by atoms with Crippen molar-refractivity contribution in [3.05, 3.63) is 58.1 Å². The Bertz CT molecular complexity index is 629. The van der Waals surface area contributed by atoms with E-state index in [4.69, 9.17) is 4.74 Å². The van der Waals surface area contributed by atoms with Gasteiger partial charge in [0.1, 0.15) is 5.75 Å². The fourth-order valence-electron chi connectivity index (χ4n) is 1.92. The second kappa shape index (κ2) is 6.99. The molecule has 0 saturated heterocycles. The van der Waals surface area contributed by atoms with Gasteiger partial charge in [-0.2, -0.15) is 0 Å². The van der Waals surface area contributed by atoms with E-state index >= 15 is 0 Å². The zero-order valence-electron chi connectivity index (χ0n) is 11.8. The number of thioether (sulfide) groups is 1. The topological polar surface area (TPSA) is 64.4 Å². The summed E-state index contributed by atoms with van der Waals surface area (Å²) in [4.78, 5) is 11.6. The molecule has 2 rings (SSSR count). The summed E-state index contributed by atoms with van der Waals surface area (Å²) in [5.41, 5.74) is 1.77. The van der Waals surface area contributed by atoms with Crippen LogP contribution in [0, 0.1) is 10.1 Å². The van der Waals surface area contributed by atoms with Gasteiger partial charge in [0.15, 0.2) is 0 Å². The van der Waals surface area contributed by atoms with E-state index in [1.165, 1.54) is 17.0 Å². The normalized spacial score (nSPS) is 10.2. The van der Waals surface area contributed by atoms with E-state index in [0.29, 0.717) is 12.3 Å². The largest absolute Gasteiger partial charge is 0.496 e. The highest BCUT2D eigenvalue weighted by Gasteiger charge is 2.11. The van der Waals surface area contributed by atoms with Gasteiger partial charge in [0.05, 0.1) is 12.0 Å². The lowest BCUT2D eigenvalue weighted by Gasteiger charge is -2.11. The number of anilines is 1. The lowest BCUT2D eigenvalue weighted by molar-refractivity contribution is -0.384. The van der Waals surface area contributed by atoms with Crippen molar-refractivity contribution in [2.75, 3.05) is 18.7 Å². The minimum Gasteiger partial charge on any atom is -0.496 e. The molecule has 2 aromatic rings. The minimum absolute atomic E-state index is 0.0605. The van der Waals surface area contributed by atoms with Gasteiger partial charge >= 0.3 is 0 Å². The molecule has 5 nitrogen and oxygen atoms in total. The molecule has 0 radical (unpaired) electrons. The Kier molecular flexibility index (Phi) is 5.05. The predicted molar refractivity (Wildman–Crippen MR) is 85.2 cm³/mol. The maximum Gasteiger partial charge on any atom is 0.270 e. The maximum absolute atomic E-state index is 10.8. The zero-order chi connectivity index (χ0) is 15.2. The van der Waals surface area contributed by atoms with E-state index in [1.54, 1.807) is 24.9 Å². The number of ether oxygens (including phenoxy) is 1. The Balaban J connectivity index is 2.13. The zero-order valence-corrected chi connectivity index (χ0v) is 12.6. The quantitative estimate of drug-likeness (QED) is 0.497. The van der Waals surface area contributed by atoms with Gasteiger partial charge in [0.25, 0.3) is 5.69 Å². The number of non-ortho nitro benzene ring substituents is 1. The monoisotopic (exact) mass is 304 g/mol. The van der Waals surface area contributed by atoms with Gasteiger partial charge in [-0.1, -0.05) is 0 Å². The molecule has 1 N–H and O–H groups in total. The second-order valence-electron chi connectivity index (χ2n) is 4.34. The number of methoxy groups -OCH3 is 1. The van der Waals surface area contributed by atoms with Crippen LogP contribution in [0.3, 0.4) is 0 Å². The summed E-state index contributed by atoms with van der Waals surface area (Å²) in [5.74, 6) is 0.633. The van der Waals surface area contributed by atoms with Crippen LogP contribution in [0.25, 0.3) is 0 Å². The third kappa shape index (κ3) is 3.88. The van der Waals surface area contributed by atoms with Crippen LogP contribution in [0.4, 0.5) is 11.4 Å². The van der Waals surface area contributed by atoms with Gasteiger partial charge in [-0.15, -0.1) is 11.8 Å². The molecule has 0 spiro atoms. The van der Waals surface area contributed by atoms with Crippen molar-refractivity contribution in [1.29, 1.82) is 0 Å². The smallest absolute Gasteiger partial charge is 0.270 e. The highest BCUT2D eigenvalue weighted by Crippen LogP contribution is 2.25. The van der Waals surface area contributed by atoms with Gasteiger partial charge < -0.3 is 10.1 Å². The summed E-state index contributed by atoms with van der Waals surface area (Å²) in [6.45, 7) is 0.462. The number of nitrogens with zero attached hydrogens (tertiary/aromatic N) is 1. The average Bonchev–Trinajstić information content (AvgIpc) is 2.53. The fourth-order valence-corrected chi connectivity index (χ4v) is 2.33. The standard InChI is InChI=1S/C15H16N2O3S/c1-20-15-8-5-13(17(18)19)9-11(15)10-16-12-3-6-14(21-2)7-4-12/h3-9,16H,10H2,1-2H3. The lowest BCUT2D eigenvalue weighted by atomic mass is 10.1. The van der Waals surface area contributed by atoms with Gasteiger partial charge in [0.2, 0.25) is 0 Å². The van der Waals surface area contributed by atoms with Gasteiger partial charge in [-0.25, -0.2) is 0 Å². The first-order valence-corrected chi connectivity index (χ1v) is 7.55. The predicted octanol–water partition coefficient (Wildman–Crippen LogP) is 3.94. The first kappa shape index (κ1) is 15.2. The summed E-state index contributed by atoms with van der Waals surface area (Å²) in [6.07, 6.45) is 2.02. The summed E-state index contributed by atoms with van der Waals surface area (Å²) in [5, 5.41) is 14.1. The minimum atomic E-state index is -0.407. The molecule has 0 aromatic heterocycles. The van der Waals surface area contributed by atoms with E-state index in [2.05, 4.69) is 5.32 Å². The Hall–Kier alpha value is -2.21. The molecule has 0 aliphatic rings. The van der Waals surface area contributed by atoms with Crippen LogP contribution in [0.15, 0.2) is 47.4 Å². The van der Waals surface area contributed by atoms with Crippen molar-refractivity contribution in [2.24, 2.45) is 0 Å². The van der Waals surface area contributed by atoms with Crippen molar-refractivity contribution < 1.29 is 9.66 Å². The van der Waals surface area contributed by atoms with Crippen molar-refractivity contribution in [2.45, 2.75) is 11.4 Å². The molecule has 0 bridgehead atoms. The highest BCUT2D eigenvalue weighted by molar-refractivity contribution is 7.98. The number of nitro groups is 1. The maximum atomic E-state index is 10.8. The first-order valence-electron chi connectivity index (χ1n) is 6.33. The van der Waals surface area contributed by atoms with Gasteiger partial charge in [0, 0.05) is 34.8 Å². The summed E-state index contributed by atoms with van der Waals surface area (Å²) < 4.78 is 5.24. The molecule has 0 heterocycles. The van der Waals surface area contributed by atoms with Crippen LogP contribution in [0.5, 0.6) is 5.75 Å². The Morgan fingerprint density at radius 1 is 1.24 bits per heavy atom. The second-order valence-corrected chi connectivity index (χ2v) is 5.21. The molecule has 110 valence electrons. The van der Waals surface area contributed by atoms with Crippen LogP contribution in [0.1, 0.15) is 5.56 Å². The molecule has 0 atom stereocenters. The molecule has 0 aliphatic carbocycles. The third-order valence-corrected chi connectivity index (χ3v) is 3.79. The fraction of sp³-hybridized carbons (Fsp3) is 0.200. The van der Waals surface area contributed by atoms with Gasteiger partial charge in [-0.05, 0) is 36.6 Å². The third-order valence-electron chi connectivity index (χ3n) is 3.05. The van der Waals surface area contributed by atoms with Crippen molar-refractivity contribution in [3.63, 3.8) is 0 Å². The van der Waals surface area contributed by atoms with Crippen LogP contribution in [-0.4, -0.2) is 18.3 Å². The molecular weight excluding hydrogens is 288 g/mol. The van der Waals surface area contributed by atoms with Crippen LogP contribution >= 0.6 is 11.8 Å². The van der Waals surface area contributed by atoms with E-state index in [9.17, 15) is 10.1 Å². The number of hydrogen-bond donors (Lipinski definition) is 1. The van der Waals surface area contributed by atoms with Crippen molar-refractivity contribution >= 4 is 23.1 Å².